The minimum atomic E-state index is -0.334. The molecule has 1 aromatic rings. The molecule has 0 aromatic heterocycles. The van der Waals surface area contributed by atoms with E-state index in [-0.39, 0.29) is 30.9 Å². The predicted octanol–water partition coefficient (Wildman–Crippen LogP) is 1.05. The van der Waals surface area contributed by atoms with E-state index in [9.17, 15) is 9.18 Å². The fraction of sp³-hybridized carbons (Fsp3) is 0.462. The highest BCUT2D eigenvalue weighted by molar-refractivity contribution is 5.78. The summed E-state index contributed by atoms with van der Waals surface area (Å²) < 4.78 is 17.9. The molecule has 98 valence electrons. The van der Waals surface area contributed by atoms with Crippen LogP contribution in [0, 0.1) is 11.7 Å². The van der Waals surface area contributed by atoms with Gasteiger partial charge in [-0.15, -0.1) is 0 Å². The highest BCUT2D eigenvalue weighted by Gasteiger charge is 2.25. The fourth-order valence-corrected chi connectivity index (χ4v) is 1.98. The highest BCUT2D eigenvalue weighted by atomic mass is 19.1. The second-order valence-electron chi connectivity index (χ2n) is 4.42. The molecule has 1 aromatic carbocycles. The van der Waals surface area contributed by atoms with E-state index < -0.39 is 0 Å². The van der Waals surface area contributed by atoms with Crippen LogP contribution in [0.25, 0.3) is 0 Å². The number of ether oxygens (including phenoxy) is 1. The molecule has 1 N–H and O–H groups in total. The van der Waals surface area contributed by atoms with E-state index in [0.717, 1.165) is 6.42 Å². The lowest BCUT2D eigenvalue weighted by Gasteiger charge is -2.16. The molecule has 1 aliphatic heterocycles. The number of amides is 1. The first-order valence-corrected chi connectivity index (χ1v) is 5.96. The Balaban J connectivity index is 1.80. The minimum absolute atomic E-state index is 0.0518. The van der Waals surface area contributed by atoms with Gasteiger partial charge in [-0.3, -0.25) is 4.79 Å². The summed E-state index contributed by atoms with van der Waals surface area (Å²) in [6.45, 7) is 1.31. The number of nitrogens with zero attached hydrogens (tertiary/aromatic N) is 1. The van der Waals surface area contributed by atoms with E-state index in [1.165, 1.54) is 24.3 Å². The van der Waals surface area contributed by atoms with Crippen LogP contribution >= 0.6 is 0 Å². The van der Waals surface area contributed by atoms with Crippen LogP contribution in [0.15, 0.2) is 24.3 Å². The summed E-state index contributed by atoms with van der Waals surface area (Å²) in [5, 5.41) is 8.99. The van der Waals surface area contributed by atoms with Crippen molar-refractivity contribution in [3.05, 3.63) is 30.1 Å². The zero-order chi connectivity index (χ0) is 13.0. The van der Waals surface area contributed by atoms with Crippen molar-refractivity contribution in [2.45, 2.75) is 6.42 Å². The topological polar surface area (TPSA) is 49.8 Å². The molecule has 0 saturated carbocycles. The second-order valence-corrected chi connectivity index (χ2v) is 4.42. The van der Waals surface area contributed by atoms with Gasteiger partial charge in [-0.2, -0.15) is 0 Å². The average Bonchev–Trinajstić information content (AvgIpc) is 2.86. The van der Waals surface area contributed by atoms with Crippen LogP contribution < -0.4 is 4.74 Å². The van der Waals surface area contributed by atoms with Crippen LogP contribution in [0.2, 0.25) is 0 Å². The Hall–Kier alpha value is -1.62. The monoisotopic (exact) mass is 253 g/mol. The molecule has 1 heterocycles. The van der Waals surface area contributed by atoms with E-state index in [1.54, 1.807) is 4.90 Å². The first-order valence-electron chi connectivity index (χ1n) is 5.96. The number of rotatable bonds is 4. The Labute approximate surface area is 105 Å². The quantitative estimate of drug-likeness (QED) is 0.872. The van der Waals surface area contributed by atoms with Crippen LogP contribution in [0.4, 0.5) is 4.39 Å². The van der Waals surface area contributed by atoms with Gasteiger partial charge in [-0.05, 0) is 30.7 Å². The van der Waals surface area contributed by atoms with Crippen LogP contribution in [0.3, 0.4) is 0 Å². The molecule has 1 amide bonds. The molecule has 2 rings (SSSR count). The lowest BCUT2D eigenvalue weighted by Crippen LogP contribution is -2.33. The predicted molar refractivity (Wildman–Crippen MR) is 63.7 cm³/mol. The summed E-state index contributed by atoms with van der Waals surface area (Å²) in [7, 11) is 0. The maximum absolute atomic E-state index is 12.7. The van der Waals surface area contributed by atoms with Crippen molar-refractivity contribution in [2.75, 3.05) is 26.3 Å². The van der Waals surface area contributed by atoms with Gasteiger partial charge in [0, 0.05) is 25.6 Å². The summed E-state index contributed by atoms with van der Waals surface area (Å²) in [6.07, 6.45) is 0.832. The number of carbonyl (C=O) groups excluding carboxylic acids is 1. The molecule has 1 atom stereocenters. The first kappa shape index (κ1) is 12.8. The lowest BCUT2D eigenvalue weighted by atomic mass is 10.1. The number of carbonyl (C=O) groups is 1. The van der Waals surface area contributed by atoms with E-state index in [2.05, 4.69) is 0 Å². The third kappa shape index (κ3) is 3.20. The van der Waals surface area contributed by atoms with Gasteiger partial charge in [0.1, 0.15) is 11.6 Å². The summed E-state index contributed by atoms with van der Waals surface area (Å²) in [6, 6.07) is 5.56. The molecule has 5 heteroatoms. The van der Waals surface area contributed by atoms with Crippen molar-refractivity contribution in [2.24, 2.45) is 5.92 Å². The molecule has 0 bridgehead atoms. The van der Waals surface area contributed by atoms with Gasteiger partial charge in [-0.25, -0.2) is 4.39 Å². The van der Waals surface area contributed by atoms with E-state index >= 15 is 0 Å². The Morgan fingerprint density at radius 2 is 2.17 bits per heavy atom. The van der Waals surface area contributed by atoms with Gasteiger partial charge in [0.05, 0.1) is 0 Å². The average molecular weight is 253 g/mol. The molecule has 0 aliphatic carbocycles. The fourth-order valence-electron chi connectivity index (χ4n) is 1.98. The zero-order valence-electron chi connectivity index (χ0n) is 10.0. The molecule has 0 spiro atoms. The van der Waals surface area contributed by atoms with Gasteiger partial charge in [0.15, 0.2) is 6.61 Å². The van der Waals surface area contributed by atoms with Gasteiger partial charge < -0.3 is 14.7 Å². The van der Waals surface area contributed by atoms with Crippen molar-refractivity contribution in [1.82, 2.24) is 4.90 Å². The number of benzene rings is 1. The molecule has 4 nitrogen and oxygen atoms in total. The normalized spacial score (nSPS) is 19.0. The molecule has 1 aliphatic rings. The van der Waals surface area contributed by atoms with Crippen molar-refractivity contribution in [3.63, 3.8) is 0 Å². The summed E-state index contributed by atoms with van der Waals surface area (Å²) in [5.41, 5.74) is 0. The Kier molecular flexibility index (Phi) is 4.15. The van der Waals surface area contributed by atoms with Crippen molar-refractivity contribution >= 4 is 5.91 Å². The lowest BCUT2D eigenvalue weighted by molar-refractivity contribution is -0.132. The number of aliphatic hydroxyl groups is 1. The van der Waals surface area contributed by atoms with Crippen molar-refractivity contribution < 1.29 is 19.0 Å². The third-order valence-electron chi connectivity index (χ3n) is 3.07. The highest BCUT2D eigenvalue weighted by Crippen LogP contribution is 2.16. The van der Waals surface area contributed by atoms with Crippen molar-refractivity contribution in [1.29, 1.82) is 0 Å². The standard InChI is InChI=1S/C13H16FNO3/c14-11-1-3-12(4-2-11)18-9-13(17)15-6-5-10(7-15)8-16/h1-4,10,16H,5-9H2. The Bertz CT molecular complexity index is 407. The van der Waals surface area contributed by atoms with Gasteiger partial charge in [0.25, 0.3) is 5.91 Å². The number of likely N-dealkylation sites (tertiary alicyclic amines) is 1. The molecule has 1 fully saturated rings. The van der Waals surface area contributed by atoms with E-state index in [4.69, 9.17) is 9.84 Å². The van der Waals surface area contributed by atoms with E-state index in [1.807, 2.05) is 0 Å². The van der Waals surface area contributed by atoms with E-state index in [0.29, 0.717) is 18.8 Å². The smallest absolute Gasteiger partial charge is 0.260 e. The summed E-state index contributed by atoms with van der Waals surface area (Å²) in [5.74, 6) is 0.219. The number of aliphatic hydroxyl groups excluding tert-OH is 1. The largest absolute Gasteiger partial charge is 0.484 e. The maximum Gasteiger partial charge on any atom is 0.260 e. The van der Waals surface area contributed by atoms with Gasteiger partial charge in [-0.1, -0.05) is 0 Å². The van der Waals surface area contributed by atoms with Crippen LogP contribution in [0.1, 0.15) is 6.42 Å². The third-order valence-corrected chi connectivity index (χ3v) is 3.07. The summed E-state index contributed by atoms with van der Waals surface area (Å²) >= 11 is 0. The first-order chi connectivity index (χ1) is 8.69. The molecule has 0 radical (unpaired) electrons. The molecule has 18 heavy (non-hydrogen) atoms. The molecular formula is C13H16FNO3. The van der Waals surface area contributed by atoms with Gasteiger partial charge in [0.2, 0.25) is 0 Å². The van der Waals surface area contributed by atoms with Crippen LogP contribution in [-0.2, 0) is 4.79 Å². The molecular weight excluding hydrogens is 237 g/mol. The minimum Gasteiger partial charge on any atom is -0.484 e. The number of halogens is 1. The number of hydrogen-bond acceptors (Lipinski definition) is 3. The molecule has 1 unspecified atom stereocenters. The maximum atomic E-state index is 12.7. The van der Waals surface area contributed by atoms with Gasteiger partial charge >= 0.3 is 0 Å². The Morgan fingerprint density at radius 1 is 1.44 bits per heavy atom. The van der Waals surface area contributed by atoms with Crippen LogP contribution in [0.5, 0.6) is 5.75 Å². The Morgan fingerprint density at radius 3 is 2.78 bits per heavy atom. The van der Waals surface area contributed by atoms with Crippen LogP contribution in [-0.4, -0.2) is 42.2 Å². The number of hydrogen-bond donors (Lipinski definition) is 1. The zero-order valence-corrected chi connectivity index (χ0v) is 10.0. The SMILES string of the molecule is O=C(COc1ccc(F)cc1)N1CCC(CO)C1. The molecule has 1 saturated heterocycles. The van der Waals surface area contributed by atoms with Crippen molar-refractivity contribution in [3.8, 4) is 5.75 Å². The second kappa shape index (κ2) is 5.82. The summed E-state index contributed by atoms with van der Waals surface area (Å²) in [4.78, 5) is 13.5.